The average molecular weight is 344 g/mol. The van der Waals surface area contributed by atoms with Crippen LogP contribution in [0.5, 0.6) is 0 Å². The van der Waals surface area contributed by atoms with Crippen molar-refractivity contribution in [2.75, 3.05) is 0 Å². The summed E-state index contributed by atoms with van der Waals surface area (Å²) in [6.45, 7) is 0.540. The van der Waals surface area contributed by atoms with Gasteiger partial charge < -0.3 is 5.73 Å². The zero-order chi connectivity index (χ0) is 8.43. The first-order valence-electron chi connectivity index (χ1n) is 2.98. The summed E-state index contributed by atoms with van der Waals surface area (Å²) in [5, 5.41) is 0. The molecular weight excluding hydrogens is 338 g/mol. The molecule has 0 saturated carbocycles. The molecule has 0 aliphatic heterocycles. The maximum atomic E-state index is 5.52. The van der Waals surface area contributed by atoms with Crippen molar-refractivity contribution >= 4 is 47.8 Å². The van der Waals surface area contributed by atoms with Crippen LogP contribution in [0.3, 0.4) is 0 Å². The van der Waals surface area contributed by atoms with Crippen molar-refractivity contribution in [2.45, 2.75) is 6.54 Å². The van der Waals surface area contributed by atoms with Gasteiger partial charge in [0.1, 0.15) is 0 Å². The van der Waals surface area contributed by atoms with Crippen molar-refractivity contribution in [3.63, 3.8) is 0 Å². The highest BCUT2D eigenvalue weighted by atomic mass is 79.9. The molecule has 0 atom stereocenters. The molecule has 60 valence electrons. The Hall–Kier alpha value is 0.620. The van der Waals surface area contributed by atoms with E-state index in [1.165, 1.54) is 0 Å². The lowest BCUT2D eigenvalue weighted by atomic mass is 10.2. The molecule has 1 rings (SSSR count). The van der Waals surface area contributed by atoms with Crippen LogP contribution in [0.4, 0.5) is 0 Å². The quantitative estimate of drug-likeness (QED) is 0.777. The molecule has 0 aliphatic carbocycles. The van der Waals surface area contributed by atoms with E-state index in [0.717, 1.165) is 19.0 Å². The lowest BCUT2D eigenvalue weighted by Gasteiger charge is -2.03. The molecular formula is C7H6Br3N. The van der Waals surface area contributed by atoms with Gasteiger partial charge in [-0.1, -0.05) is 15.9 Å². The maximum Gasteiger partial charge on any atom is 0.0363 e. The van der Waals surface area contributed by atoms with Crippen molar-refractivity contribution in [3.8, 4) is 0 Å². The van der Waals surface area contributed by atoms with Crippen molar-refractivity contribution < 1.29 is 0 Å². The largest absolute Gasteiger partial charge is 0.326 e. The van der Waals surface area contributed by atoms with Gasteiger partial charge >= 0.3 is 0 Å². The summed E-state index contributed by atoms with van der Waals surface area (Å²) in [7, 11) is 0. The lowest BCUT2D eigenvalue weighted by molar-refractivity contribution is 1.06. The molecule has 1 aromatic rings. The second-order valence-corrected chi connectivity index (χ2v) is 4.63. The van der Waals surface area contributed by atoms with E-state index < -0.39 is 0 Å². The van der Waals surface area contributed by atoms with Gasteiger partial charge in [0.05, 0.1) is 0 Å². The predicted octanol–water partition coefficient (Wildman–Crippen LogP) is 3.43. The number of hydrogen-bond donors (Lipinski definition) is 1. The predicted molar refractivity (Wildman–Crippen MR) is 57.4 cm³/mol. The van der Waals surface area contributed by atoms with Crippen LogP contribution in [0, 0.1) is 0 Å². The zero-order valence-corrected chi connectivity index (χ0v) is 10.3. The van der Waals surface area contributed by atoms with Crippen molar-refractivity contribution in [1.82, 2.24) is 0 Å². The molecule has 0 heterocycles. The number of hydrogen-bond acceptors (Lipinski definition) is 1. The Kier molecular flexibility index (Phi) is 3.55. The fourth-order valence-corrected chi connectivity index (χ4v) is 2.46. The highest BCUT2D eigenvalue weighted by molar-refractivity contribution is 9.13. The molecule has 0 fully saturated rings. The van der Waals surface area contributed by atoms with Crippen LogP contribution >= 0.6 is 47.8 Å². The molecule has 0 spiro atoms. The molecule has 0 bridgehead atoms. The minimum Gasteiger partial charge on any atom is -0.326 e. The van der Waals surface area contributed by atoms with E-state index >= 15 is 0 Å². The summed E-state index contributed by atoms with van der Waals surface area (Å²) in [5.41, 5.74) is 6.61. The normalized spacial score (nSPS) is 10.2. The summed E-state index contributed by atoms with van der Waals surface area (Å²) in [4.78, 5) is 0. The van der Waals surface area contributed by atoms with Crippen molar-refractivity contribution in [3.05, 3.63) is 31.1 Å². The Morgan fingerprint density at radius 1 is 1.18 bits per heavy atom. The Morgan fingerprint density at radius 2 is 1.82 bits per heavy atom. The SMILES string of the molecule is NCc1cc(Br)cc(Br)c1Br. The molecule has 0 unspecified atom stereocenters. The smallest absolute Gasteiger partial charge is 0.0363 e. The third kappa shape index (κ3) is 2.28. The lowest BCUT2D eigenvalue weighted by Crippen LogP contribution is -1.97. The second kappa shape index (κ2) is 4.03. The van der Waals surface area contributed by atoms with Gasteiger partial charge in [-0.3, -0.25) is 0 Å². The van der Waals surface area contributed by atoms with Gasteiger partial charge in [-0.25, -0.2) is 0 Å². The number of nitrogens with two attached hydrogens (primary N) is 1. The van der Waals surface area contributed by atoms with E-state index in [9.17, 15) is 0 Å². The topological polar surface area (TPSA) is 26.0 Å². The maximum absolute atomic E-state index is 5.52. The van der Waals surface area contributed by atoms with Gasteiger partial charge in [-0.15, -0.1) is 0 Å². The van der Waals surface area contributed by atoms with Crippen LogP contribution in [0.15, 0.2) is 25.6 Å². The van der Waals surface area contributed by atoms with E-state index in [1.54, 1.807) is 0 Å². The van der Waals surface area contributed by atoms with Gasteiger partial charge in [-0.05, 0) is 49.6 Å². The molecule has 1 nitrogen and oxygen atoms in total. The molecule has 0 aliphatic rings. The zero-order valence-electron chi connectivity index (χ0n) is 5.57. The Morgan fingerprint density at radius 3 is 2.36 bits per heavy atom. The van der Waals surface area contributed by atoms with Crippen LogP contribution in [0.2, 0.25) is 0 Å². The second-order valence-electron chi connectivity index (χ2n) is 2.06. The van der Waals surface area contributed by atoms with Crippen LogP contribution in [0.25, 0.3) is 0 Å². The minimum absolute atomic E-state index is 0.540. The molecule has 0 amide bonds. The number of halogens is 3. The summed E-state index contributed by atoms with van der Waals surface area (Å²) in [5.74, 6) is 0. The third-order valence-corrected chi connectivity index (χ3v) is 3.84. The van der Waals surface area contributed by atoms with Gasteiger partial charge in [0.25, 0.3) is 0 Å². The molecule has 2 N–H and O–H groups in total. The summed E-state index contributed by atoms with van der Waals surface area (Å²) < 4.78 is 3.09. The molecule has 1 aromatic carbocycles. The van der Waals surface area contributed by atoms with Crippen molar-refractivity contribution in [1.29, 1.82) is 0 Å². The van der Waals surface area contributed by atoms with Gasteiger partial charge in [0.2, 0.25) is 0 Å². The fourth-order valence-electron chi connectivity index (χ4n) is 0.758. The Balaban J connectivity index is 3.24. The Bertz CT molecular complexity index is 273. The van der Waals surface area contributed by atoms with E-state index in [1.807, 2.05) is 12.1 Å². The monoisotopic (exact) mass is 341 g/mol. The number of benzene rings is 1. The first-order valence-corrected chi connectivity index (χ1v) is 5.36. The number of rotatable bonds is 1. The summed E-state index contributed by atoms with van der Waals surface area (Å²) in [6.07, 6.45) is 0. The minimum atomic E-state index is 0.540. The average Bonchev–Trinajstić information content (AvgIpc) is 1.96. The summed E-state index contributed by atoms with van der Waals surface area (Å²) in [6, 6.07) is 3.97. The first kappa shape index (κ1) is 9.71. The third-order valence-electron chi connectivity index (χ3n) is 1.29. The first-order chi connectivity index (χ1) is 5.15. The standard InChI is InChI=1S/C7H6Br3N/c8-5-1-4(3-11)7(10)6(9)2-5/h1-2H,3,11H2. The van der Waals surface area contributed by atoms with E-state index in [-0.39, 0.29) is 0 Å². The van der Waals surface area contributed by atoms with E-state index in [2.05, 4.69) is 47.8 Å². The van der Waals surface area contributed by atoms with Crippen LogP contribution in [0.1, 0.15) is 5.56 Å². The highest BCUT2D eigenvalue weighted by Crippen LogP contribution is 2.30. The van der Waals surface area contributed by atoms with Gasteiger partial charge in [-0.2, -0.15) is 0 Å². The van der Waals surface area contributed by atoms with Crippen LogP contribution in [-0.4, -0.2) is 0 Å². The Labute approximate surface area is 90.7 Å². The van der Waals surface area contributed by atoms with Crippen LogP contribution in [-0.2, 0) is 6.54 Å². The van der Waals surface area contributed by atoms with E-state index in [4.69, 9.17) is 5.73 Å². The fraction of sp³-hybridized carbons (Fsp3) is 0.143. The van der Waals surface area contributed by atoms with Gasteiger partial charge in [0.15, 0.2) is 0 Å². The van der Waals surface area contributed by atoms with Crippen LogP contribution < -0.4 is 5.73 Å². The van der Waals surface area contributed by atoms with Crippen molar-refractivity contribution in [2.24, 2.45) is 5.73 Å². The molecule has 0 saturated heterocycles. The summed E-state index contributed by atoms with van der Waals surface area (Å²) >= 11 is 10.2. The molecule has 0 aromatic heterocycles. The highest BCUT2D eigenvalue weighted by Gasteiger charge is 2.03. The molecule has 4 heteroatoms. The van der Waals surface area contributed by atoms with Gasteiger partial charge in [0, 0.05) is 20.0 Å². The van der Waals surface area contributed by atoms with E-state index in [0.29, 0.717) is 6.54 Å². The molecule has 0 radical (unpaired) electrons. The molecule has 11 heavy (non-hydrogen) atoms.